The largest absolute Gasteiger partial charge is 0.309 e. The van der Waals surface area contributed by atoms with E-state index in [-0.39, 0.29) is 0 Å². The second kappa shape index (κ2) is 4.26. The highest BCUT2D eigenvalue weighted by Gasteiger charge is 2.18. The quantitative estimate of drug-likeness (QED) is 0.824. The van der Waals surface area contributed by atoms with E-state index < -0.39 is 0 Å². The Morgan fingerprint density at radius 3 is 2.53 bits per heavy atom. The Hall–Kier alpha value is -0.340. The predicted molar refractivity (Wildman–Crippen MR) is 67.5 cm³/mol. The standard InChI is InChI=1S/C13H21NS/c1-13(2,3)12-8-7-11(15-12)9-14-10-5-4-6-10/h7-8,10,14H,4-6,9H2,1-3H3. The van der Waals surface area contributed by atoms with E-state index in [0.29, 0.717) is 5.41 Å². The Morgan fingerprint density at radius 2 is 2.07 bits per heavy atom. The summed E-state index contributed by atoms with van der Waals surface area (Å²) in [7, 11) is 0. The second-order valence-corrected chi connectivity index (χ2v) is 6.69. The van der Waals surface area contributed by atoms with Crippen LogP contribution in [0.4, 0.5) is 0 Å². The molecule has 1 N–H and O–H groups in total. The van der Waals surface area contributed by atoms with E-state index in [1.807, 2.05) is 11.3 Å². The molecule has 0 aliphatic heterocycles. The summed E-state index contributed by atoms with van der Waals surface area (Å²) in [5.74, 6) is 0. The van der Waals surface area contributed by atoms with E-state index >= 15 is 0 Å². The van der Waals surface area contributed by atoms with Crippen molar-refractivity contribution in [2.24, 2.45) is 0 Å². The van der Waals surface area contributed by atoms with E-state index in [4.69, 9.17) is 0 Å². The lowest BCUT2D eigenvalue weighted by Crippen LogP contribution is -2.34. The van der Waals surface area contributed by atoms with Gasteiger partial charge in [0, 0.05) is 22.3 Å². The van der Waals surface area contributed by atoms with Crippen LogP contribution in [0.15, 0.2) is 12.1 Å². The van der Waals surface area contributed by atoms with Gasteiger partial charge in [-0.1, -0.05) is 27.2 Å². The molecule has 2 heteroatoms. The molecule has 1 aliphatic rings. The van der Waals surface area contributed by atoms with E-state index in [2.05, 4.69) is 38.2 Å². The predicted octanol–water partition coefficient (Wildman–Crippen LogP) is 3.69. The van der Waals surface area contributed by atoms with Crippen LogP contribution in [-0.4, -0.2) is 6.04 Å². The van der Waals surface area contributed by atoms with Gasteiger partial charge >= 0.3 is 0 Å². The van der Waals surface area contributed by atoms with Gasteiger partial charge in [-0.2, -0.15) is 0 Å². The molecule has 1 heterocycles. The van der Waals surface area contributed by atoms with Crippen LogP contribution in [0.2, 0.25) is 0 Å². The van der Waals surface area contributed by atoms with Gasteiger partial charge < -0.3 is 5.32 Å². The maximum Gasteiger partial charge on any atom is 0.0302 e. The Balaban J connectivity index is 1.89. The fourth-order valence-electron chi connectivity index (χ4n) is 1.73. The number of hydrogen-bond donors (Lipinski definition) is 1. The third kappa shape index (κ3) is 2.82. The first kappa shape index (κ1) is 11.2. The zero-order valence-corrected chi connectivity index (χ0v) is 10.8. The summed E-state index contributed by atoms with van der Waals surface area (Å²) in [6, 6.07) is 5.35. The van der Waals surface area contributed by atoms with Crippen molar-refractivity contribution < 1.29 is 0 Å². The molecule has 0 aromatic carbocycles. The van der Waals surface area contributed by atoms with Crippen LogP contribution in [0.1, 0.15) is 49.8 Å². The van der Waals surface area contributed by atoms with Crippen LogP contribution < -0.4 is 5.32 Å². The van der Waals surface area contributed by atoms with Gasteiger partial charge in [0.1, 0.15) is 0 Å². The Labute approximate surface area is 96.9 Å². The molecule has 1 fully saturated rings. The van der Waals surface area contributed by atoms with Gasteiger partial charge in [0.05, 0.1) is 0 Å². The van der Waals surface area contributed by atoms with E-state index in [1.54, 1.807) is 0 Å². The van der Waals surface area contributed by atoms with E-state index in [9.17, 15) is 0 Å². The molecule has 1 saturated carbocycles. The van der Waals surface area contributed by atoms with Gasteiger partial charge in [-0.25, -0.2) is 0 Å². The molecule has 1 aliphatic carbocycles. The average Bonchev–Trinajstić information content (AvgIpc) is 2.48. The van der Waals surface area contributed by atoms with E-state index in [0.717, 1.165) is 12.6 Å². The summed E-state index contributed by atoms with van der Waals surface area (Å²) in [5.41, 5.74) is 0.305. The van der Waals surface area contributed by atoms with Crippen molar-refractivity contribution in [3.05, 3.63) is 21.9 Å². The molecule has 0 bridgehead atoms. The van der Waals surface area contributed by atoms with Crippen molar-refractivity contribution in [2.45, 2.75) is 58.0 Å². The lowest BCUT2D eigenvalue weighted by Gasteiger charge is -2.26. The van der Waals surface area contributed by atoms with Crippen molar-refractivity contribution in [3.8, 4) is 0 Å². The molecule has 0 radical (unpaired) electrons. The summed E-state index contributed by atoms with van der Waals surface area (Å²) in [4.78, 5) is 2.97. The lowest BCUT2D eigenvalue weighted by molar-refractivity contribution is 0.339. The molecule has 1 aromatic rings. The van der Waals surface area contributed by atoms with Gasteiger partial charge in [0.25, 0.3) is 0 Å². The summed E-state index contributed by atoms with van der Waals surface area (Å²) in [6.07, 6.45) is 4.16. The molecule has 2 rings (SSSR count). The topological polar surface area (TPSA) is 12.0 Å². The first-order valence-corrected chi connectivity index (χ1v) is 6.70. The fraction of sp³-hybridized carbons (Fsp3) is 0.692. The summed E-state index contributed by atoms with van der Waals surface area (Å²) < 4.78 is 0. The fourth-order valence-corrected chi connectivity index (χ4v) is 2.75. The van der Waals surface area contributed by atoms with Crippen LogP contribution in [0.25, 0.3) is 0 Å². The van der Waals surface area contributed by atoms with Crippen molar-refractivity contribution in [2.75, 3.05) is 0 Å². The molecule has 1 aromatic heterocycles. The van der Waals surface area contributed by atoms with Crippen molar-refractivity contribution in [3.63, 3.8) is 0 Å². The molecular weight excluding hydrogens is 202 g/mol. The molecule has 84 valence electrons. The maximum absolute atomic E-state index is 3.61. The van der Waals surface area contributed by atoms with E-state index in [1.165, 1.54) is 29.0 Å². The number of hydrogen-bond acceptors (Lipinski definition) is 2. The third-order valence-electron chi connectivity index (χ3n) is 3.07. The molecule has 1 nitrogen and oxygen atoms in total. The van der Waals surface area contributed by atoms with Gasteiger partial charge in [-0.05, 0) is 30.4 Å². The third-order valence-corrected chi connectivity index (χ3v) is 4.58. The second-order valence-electron chi connectivity index (χ2n) is 5.52. The summed E-state index contributed by atoms with van der Waals surface area (Å²) in [5, 5.41) is 3.61. The van der Waals surface area contributed by atoms with Crippen LogP contribution >= 0.6 is 11.3 Å². The first-order chi connectivity index (χ1) is 7.05. The molecule has 15 heavy (non-hydrogen) atoms. The molecule has 0 unspecified atom stereocenters. The van der Waals surface area contributed by atoms with Crippen molar-refractivity contribution in [1.82, 2.24) is 5.32 Å². The van der Waals surface area contributed by atoms with Crippen LogP contribution in [-0.2, 0) is 12.0 Å². The number of rotatable bonds is 3. The van der Waals surface area contributed by atoms with Gasteiger partial charge in [-0.3, -0.25) is 0 Å². The van der Waals surface area contributed by atoms with Gasteiger partial charge in [0.15, 0.2) is 0 Å². The number of thiophene rings is 1. The zero-order chi connectivity index (χ0) is 10.9. The minimum Gasteiger partial charge on any atom is -0.309 e. The van der Waals surface area contributed by atoms with Crippen LogP contribution in [0.3, 0.4) is 0 Å². The van der Waals surface area contributed by atoms with Gasteiger partial charge in [-0.15, -0.1) is 11.3 Å². The highest BCUT2D eigenvalue weighted by Crippen LogP contribution is 2.29. The Kier molecular flexibility index (Phi) is 3.17. The first-order valence-electron chi connectivity index (χ1n) is 5.88. The highest BCUT2D eigenvalue weighted by molar-refractivity contribution is 7.12. The number of nitrogens with one attached hydrogen (secondary N) is 1. The smallest absolute Gasteiger partial charge is 0.0302 e. The van der Waals surface area contributed by atoms with Crippen LogP contribution in [0, 0.1) is 0 Å². The molecule has 0 saturated heterocycles. The molecule has 0 spiro atoms. The molecule has 0 atom stereocenters. The lowest BCUT2D eigenvalue weighted by atomic mass is 9.93. The SMILES string of the molecule is CC(C)(C)c1ccc(CNC2CCC2)s1. The maximum atomic E-state index is 3.61. The average molecular weight is 223 g/mol. The molecular formula is C13H21NS. The summed E-state index contributed by atoms with van der Waals surface area (Å²) >= 11 is 1.95. The zero-order valence-electron chi connectivity index (χ0n) is 9.97. The Bertz CT molecular complexity index is 318. The minimum absolute atomic E-state index is 0.305. The monoisotopic (exact) mass is 223 g/mol. The normalized spacial score (nSPS) is 17.8. The summed E-state index contributed by atoms with van der Waals surface area (Å²) in [6.45, 7) is 7.90. The highest BCUT2D eigenvalue weighted by atomic mass is 32.1. The minimum atomic E-state index is 0.305. The van der Waals surface area contributed by atoms with Crippen molar-refractivity contribution in [1.29, 1.82) is 0 Å². The van der Waals surface area contributed by atoms with Gasteiger partial charge in [0.2, 0.25) is 0 Å². The van der Waals surface area contributed by atoms with Crippen molar-refractivity contribution >= 4 is 11.3 Å². The van der Waals surface area contributed by atoms with Crippen LogP contribution in [0.5, 0.6) is 0 Å². The Morgan fingerprint density at radius 1 is 1.33 bits per heavy atom. The molecule has 0 amide bonds.